The van der Waals surface area contributed by atoms with Gasteiger partial charge in [0.25, 0.3) is 0 Å². The predicted octanol–water partition coefficient (Wildman–Crippen LogP) is 3.12. The van der Waals surface area contributed by atoms with Crippen LogP contribution in [0.1, 0.15) is 10.4 Å². The van der Waals surface area contributed by atoms with Gasteiger partial charge in [0.1, 0.15) is 19.0 Å². The molecule has 0 bridgehead atoms. The molecule has 0 aliphatic heterocycles. The molecule has 1 N–H and O–H groups in total. The van der Waals surface area contributed by atoms with Crippen LogP contribution in [-0.2, 0) is 0 Å². The van der Waals surface area contributed by atoms with E-state index < -0.39 is 23.4 Å². The summed E-state index contributed by atoms with van der Waals surface area (Å²) in [5.74, 6) is -2.76. The van der Waals surface area contributed by atoms with Crippen molar-refractivity contribution >= 4 is 5.97 Å². The van der Waals surface area contributed by atoms with Crippen LogP contribution in [0.25, 0.3) is 0 Å². The Hall–Kier alpha value is -2.63. The van der Waals surface area contributed by atoms with Crippen molar-refractivity contribution in [2.45, 2.75) is 0 Å². The van der Waals surface area contributed by atoms with E-state index in [0.29, 0.717) is 5.75 Å². The summed E-state index contributed by atoms with van der Waals surface area (Å²) in [7, 11) is 0. The number of carbonyl (C=O) groups is 1. The van der Waals surface area contributed by atoms with Crippen molar-refractivity contribution in [2.75, 3.05) is 13.2 Å². The van der Waals surface area contributed by atoms with Crippen LogP contribution in [0, 0.1) is 11.6 Å². The molecule has 2 aromatic rings. The second-order valence-electron chi connectivity index (χ2n) is 4.08. The van der Waals surface area contributed by atoms with Gasteiger partial charge < -0.3 is 14.6 Å². The first-order valence-electron chi connectivity index (χ1n) is 6.11. The Morgan fingerprint density at radius 2 is 1.62 bits per heavy atom. The number of halogens is 2. The van der Waals surface area contributed by atoms with E-state index in [0.717, 1.165) is 12.1 Å². The molecule has 0 heterocycles. The Kier molecular flexibility index (Phi) is 4.71. The van der Waals surface area contributed by atoms with Crippen LogP contribution in [0.3, 0.4) is 0 Å². The molecule has 0 unspecified atom stereocenters. The molecule has 0 saturated heterocycles. The van der Waals surface area contributed by atoms with Gasteiger partial charge in [-0.15, -0.1) is 0 Å². The van der Waals surface area contributed by atoms with Gasteiger partial charge in [-0.1, -0.05) is 12.1 Å². The van der Waals surface area contributed by atoms with Crippen LogP contribution in [-0.4, -0.2) is 24.3 Å². The molecule has 21 heavy (non-hydrogen) atoms. The Bertz CT molecular complexity index is 623. The SMILES string of the molecule is O=C(O)c1cccc(OCCOc2c(F)cccc2F)c1. The summed E-state index contributed by atoms with van der Waals surface area (Å²) in [6, 6.07) is 9.33. The lowest BCUT2D eigenvalue weighted by atomic mass is 10.2. The van der Waals surface area contributed by atoms with Gasteiger partial charge in [0.2, 0.25) is 0 Å². The molecule has 110 valence electrons. The standard InChI is InChI=1S/C15H12F2O4/c16-12-5-2-6-13(17)14(12)21-8-7-20-11-4-1-3-10(9-11)15(18)19/h1-6,9H,7-8H2,(H,18,19). The summed E-state index contributed by atoms with van der Waals surface area (Å²) in [6.45, 7) is -0.0496. The maximum atomic E-state index is 13.3. The molecule has 0 atom stereocenters. The second-order valence-corrected chi connectivity index (χ2v) is 4.08. The monoisotopic (exact) mass is 294 g/mol. The lowest BCUT2D eigenvalue weighted by molar-refractivity contribution is 0.0696. The van der Waals surface area contributed by atoms with E-state index in [9.17, 15) is 13.6 Å². The topological polar surface area (TPSA) is 55.8 Å². The first-order chi connectivity index (χ1) is 10.1. The molecule has 0 radical (unpaired) electrons. The maximum Gasteiger partial charge on any atom is 0.335 e. The Morgan fingerprint density at radius 3 is 2.29 bits per heavy atom. The van der Waals surface area contributed by atoms with E-state index in [-0.39, 0.29) is 18.8 Å². The van der Waals surface area contributed by atoms with Gasteiger partial charge in [-0.25, -0.2) is 13.6 Å². The lowest BCUT2D eigenvalue weighted by Crippen LogP contribution is -2.11. The van der Waals surface area contributed by atoms with E-state index in [1.54, 1.807) is 6.07 Å². The average Bonchev–Trinajstić information content (AvgIpc) is 2.46. The number of benzene rings is 2. The van der Waals surface area contributed by atoms with Crippen molar-refractivity contribution < 1.29 is 28.2 Å². The van der Waals surface area contributed by atoms with Crippen LogP contribution in [0.4, 0.5) is 8.78 Å². The third kappa shape index (κ3) is 3.92. The third-order valence-electron chi connectivity index (χ3n) is 2.60. The van der Waals surface area contributed by atoms with Crippen LogP contribution in [0.2, 0.25) is 0 Å². The quantitative estimate of drug-likeness (QED) is 0.832. The van der Waals surface area contributed by atoms with E-state index >= 15 is 0 Å². The van der Waals surface area contributed by atoms with E-state index in [2.05, 4.69) is 0 Å². The van der Waals surface area contributed by atoms with Gasteiger partial charge in [-0.3, -0.25) is 0 Å². The zero-order chi connectivity index (χ0) is 15.2. The highest BCUT2D eigenvalue weighted by Gasteiger charge is 2.09. The fraction of sp³-hybridized carbons (Fsp3) is 0.133. The molecule has 0 fully saturated rings. The fourth-order valence-corrected chi connectivity index (χ4v) is 1.64. The van der Waals surface area contributed by atoms with Crippen molar-refractivity contribution in [2.24, 2.45) is 0 Å². The van der Waals surface area contributed by atoms with Gasteiger partial charge in [0, 0.05) is 0 Å². The first kappa shape index (κ1) is 14.8. The number of aromatic carboxylic acids is 1. The van der Waals surface area contributed by atoms with Crippen molar-refractivity contribution in [3.63, 3.8) is 0 Å². The number of carboxylic acid groups (broad SMARTS) is 1. The summed E-state index contributed by atoms with van der Waals surface area (Å²) in [5, 5.41) is 8.83. The highest BCUT2D eigenvalue weighted by atomic mass is 19.1. The molecule has 6 heteroatoms. The normalized spacial score (nSPS) is 10.2. The number of hydrogen-bond acceptors (Lipinski definition) is 3. The highest BCUT2D eigenvalue weighted by molar-refractivity contribution is 5.87. The zero-order valence-electron chi connectivity index (χ0n) is 10.9. The highest BCUT2D eigenvalue weighted by Crippen LogP contribution is 2.20. The molecular weight excluding hydrogens is 282 g/mol. The molecule has 2 rings (SSSR count). The van der Waals surface area contributed by atoms with Crippen LogP contribution >= 0.6 is 0 Å². The molecule has 0 aromatic heterocycles. The Morgan fingerprint density at radius 1 is 1.00 bits per heavy atom. The summed E-state index contributed by atoms with van der Waals surface area (Å²) in [4.78, 5) is 10.8. The van der Waals surface area contributed by atoms with Crippen molar-refractivity contribution in [3.8, 4) is 11.5 Å². The minimum atomic E-state index is -1.06. The van der Waals surface area contributed by atoms with Crippen molar-refractivity contribution in [1.29, 1.82) is 0 Å². The number of carboxylic acids is 1. The summed E-state index contributed by atoms with van der Waals surface area (Å²) in [5.41, 5.74) is 0.0913. The number of hydrogen-bond donors (Lipinski definition) is 1. The number of ether oxygens (including phenoxy) is 2. The van der Waals surface area contributed by atoms with E-state index in [1.807, 2.05) is 0 Å². The Labute approximate surface area is 119 Å². The van der Waals surface area contributed by atoms with Gasteiger partial charge >= 0.3 is 5.97 Å². The molecular formula is C15H12F2O4. The third-order valence-corrected chi connectivity index (χ3v) is 2.60. The molecule has 0 aliphatic rings. The predicted molar refractivity (Wildman–Crippen MR) is 70.7 cm³/mol. The summed E-state index contributed by atoms with van der Waals surface area (Å²) in [6.07, 6.45) is 0. The van der Waals surface area contributed by atoms with Gasteiger partial charge in [-0.05, 0) is 30.3 Å². The Balaban J connectivity index is 1.88. The molecule has 0 amide bonds. The second kappa shape index (κ2) is 6.69. The summed E-state index contributed by atoms with van der Waals surface area (Å²) >= 11 is 0. The molecule has 4 nitrogen and oxygen atoms in total. The van der Waals surface area contributed by atoms with Crippen molar-refractivity contribution in [1.82, 2.24) is 0 Å². The smallest absolute Gasteiger partial charge is 0.335 e. The number of para-hydroxylation sites is 1. The first-order valence-corrected chi connectivity index (χ1v) is 6.11. The zero-order valence-corrected chi connectivity index (χ0v) is 10.9. The van der Waals surface area contributed by atoms with E-state index in [1.165, 1.54) is 24.3 Å². The van der Waals surface area contributed by atoms with Gasteiger partial charge in [-0.2, -0.15) is 0 Å². The maximum absolute atomic E-state index is 13.3. The minimum absolute atomic E-state index is 0.0246. The molecule has 2 aromatic carbocycles. The summed E-state index contributed by atoms with van der Waals surface area (Å²) < 4.78 is 36.8. The van der Waals surface area contributed by atoms with Crippen LogP contribution < -0.4 is 9.47 Å². The van der Waals surface area contributed by atoms with Crippen LogP contribution in [0.5, 0.6) is 11.5 Å². The fourth-order valence-electron chi connectivity index (χ4n) is 1.64. The van der Waals surface area contributed by atoms with Gasteiger partial charge in [0.15, 0.2) is 17.4 Å². The minimum Gasteiger partial charge on any atom is -0.490 e. The van der Waals surface area contributed by atoms with Crippen molar-refractivity contribution in [3.05, 3.63) is 59.7 Å². The van der Waals surface area contributed by atoms with Crippen LogP contribution in [0.15, 0.2) is 42.5 Å². The molecule has 0 spiro atoms. The average molecular weight is 294 g/mol. The van der Waals surface area contributed by atoms with E-state index in [4.69, 9.17) is 14.6 Å². The largest absolute Gasteiger partial charge is 0.490 e. The van der Waals surface area contributed by atoms with Gasteiger partial charge in [0.05, 0.1) is 5.56 Å². The lowest BCUT2D eigenvalue weighted by Gasteiger charge is -2.10. The molecule has 0 saturated carbocycles. The molecule has 0 aliphatic carbocycles. The number of rotatable bonds is 6.